The Morgan fingerprint density at radius 3 is 2.65 bits per heavy atom. The Bertz CT molecular complexity index is 875. The Balaban J connectivity index is 0.00000243. The molecule has 0 spiro atoms. The first-order valence-electron chi connectivity index (χ1n) is 8.59. The number of aliphatic imine (C=N–C) groups is 1. The molecular formula is C20H25IN4S. The van der Waals surface area contributed by atoms with Crippen LogP contribution in [0.2, 0.25) is 0 Å². The van der Waals surface area contributed by atoms with Gasteiger partial charge in [0.05, 0.1) is 12.6 Å². The van der Waals surface area contributed by atoms with Crippen molar-refractivity contribution in [3.8, 4) is 0 Å². The van der Waals surface area contributed by atoms with E-state index in [2.05, 4.69) is 76.9 Å². The summed E-state index contributed by atoms with van der Waals surface area (Å²) in [5, 5.41) is 10.4. The van der Waals surface area contributed by atoms with E-state index >= 15 is 0 Å². The van der Waals surface area contributed by atoms with Gasteiger partial charge in [-0.25, -0.2) is 4.98 Å². The summed E-state index contributed by atoms with van der Waals surface area (Å²) in [6.45, 7) is 4.99. The SMILES string of the molecule is CCc1cnc(CNC(=NC)NC(C)c2ccc3ccccc3c2)s1.I. The molecule has 138 valence electrons. The molecule has 0 amide bonds. The van der Waals surface area contributed by atoms with E-state index in [1.165, 1.54) is 21.2 Å². The van der Waals surface area contributed by atoms with E-state index in [4.69, 9.17) is 0 Å². The van der Waals surface area contributed by atoms with Crippen LogP contribution in [0.25, 0.3) is 10.8 Å². The molecule has 0 aliphatic heterocycles. The van der Waals surface area contributed by atoms with Crippen molar-refractivity contribution in [3.05, 3.63) is 64.1 Å². The van der Waals surface area contributed by atoms with Gasteiger partial charge < -0.3 is 10.6 Å². The lowest BCUT2D eigenvalue weighted by Crippen LogP contribution is -2.38. The summed E-state index contributed by atoms with van der Waals surface area (Å²) in [6, 6.07) is 15.2. The van der Waals surface area contributed by atoms with Crippen LogP contribution in [-0.2, 0) is 13.0 Å². The number of nitrogens with zero attached hydrogens (tertiary/aromatic N) is 2. The number of hydrogen-bond acceptors (Lipinski definition) is 3. The first kappa shape index (κ1) is 20.6. The third-order valence-electron chi connectivity index (χ3n) is 4.21. The molecule has 0 bridgehead atoms. The molecule has 26 heavy (non-hydrogen) atoms. The number of halogens is 1. The molecule has 3 aromatic rings. The smallest absolute Gasteiger partial charge is 0.191 e. The van der Waals surface area contributed by atoms with Crippen LogP contribution < -0.4 is 10.6 Å². The first-order chi connectivity index (χ1) is 12.2. The van der Waals surface area contributed by atoms with Crippen LogP contribution in [-0.4, -0.2) is 18.0 Å². The molecule has 0 saturated carbocycles. The van der Waals surface area contributed by atoms with Gasteiger partial charge in [0.15, 0.2) is 5.96 Å². The van der Waals surface area contributed by atoms with Crippen molar-refractivity contribution >= 4 is 52.0 Å². The van der Waals surface area contributed by atoms with Crippen molar-refractivity contribution in [1.82, 2.24) is 15.6 Å². The van der Waals surface area contributed by atoms with E-state index < -0.39 is 0 Å². The Labute approximate surface area is 176 Å². The molecule has 0 aliphatic rings. The van der Waals surface area contributed by atoms with Gasteiger partial charge in [-0.15, -0.1) is 35.3 Å². The van der Waals surface area contributed by atoms with E-state index in [1.54, 1.807) is 18.4 Å². The molecule has 2 aromatic carbocycles. The van der Waals surface area contributed by atoms with Gasteiger partial charge in [-0.3, -0.25) is 4.99 Å². The molecule has 1 atom stereocenters. The predicted molar refractivity (Wildman–Crippen MR) is 123 cm³/mol. The van der Waals surface area contributed by atoms with Crippen LogP contribution in [0.3, 0.4) is 0 Å². The van der Waals surface area contributed by atoms with Gasteiger partial charge in [0.1, 0.15) is 5.01 Å². The van der Waals surface area contributed by atoms with Crippen LogP contribution in [0, 0.1) is 0 Å². The second-order valence-electron chi connectivity index (χ2n) is 5.97. The van der Waals surface area contributed by atoms with Crippen molar-refractivity contribution in [2.45, 2.75) is 32.9 Å². The highest BCUT2D eigenvalue weighted by Gasteiger charge is 2.09. The fourth-order valence-corrected chi connectivity index (χ4v) is 3.51. The number of rotatable bonds is 5. The number of fused-ring (bicyclic) bond motifs is 1. The minimum absolute atomic E-state index is 0. The highest BCUT2D eigenvalue weighted by Crippen LogP contribution is 2.20. The van der Waals surface area contributed by atoms with Crippen molar-refractivity contribution < 1.29 is 0 Å². The minimum Gasteiger partial charge on any atom is -0.350 e. The summed E-state index contributed by atoms with van der Waals surface area (Å²) >= 11 is 1.75. The van der Waals surface area contributed by atoms with Crippen molar-refractivity contribution in [1.29, 1.82) is 0 Å². The Morgan fingerprint density at radius 2 is 1.96 bits per heavy atom. The second-order valence-corrected chi connectivity index (χ2v) is 7.17. The topological polar surface area (TPSA) is 49.3 Å². The second kappa shape index (κ2) is 9.87. The maximum absolute atomic E-state index is 4.44. The van der Waals surface area contributed by atoms with E-state index in [9.17, 15) is 0 Å². The first-order valence-corrected chi connectivity index (χ1v) is 9.40. The molecule has 0 saturated heterocycles. The molecule has 0 aliphatic carbocycles. The summed E-state index contributed by atoms with van der Waals surface area (Å²) in [4.78, 5) is 10.1. The molecule has 4 nitrogen and oxygen atoms in total. The van der Waals surface area contributed by atoms with Gasteiger partial charge in [-0.2, -0.15) is 0 Å². The lowest BCUT2D eigenvalue weighted by molar-refractivity contribution is 0.685. The normalized spacial score (nSPS) is 12.5. The quantitative estimate of drug-likeness (QED) is 0.310. The third kappa shape index (κ3) is 5.17. The third-order valence-corrected chi connectivity index (χ3v) is 5.35. The van der Waals surface area contributed by atoms with Gasteiger partial charge >= 0.3 is 0 Å². The summed E-state index contributed by atoms with van der Waals surface area (Å²) in [6.07, 6.45) is 2.99. The Kier molecular flexibility index (Phi) is 7.84. The Morgan fingerprint density at radius 1 is 1.19 bits per heavy atom. The highest BCUT2D eigenvalue weighted by atomic mass is 127. The average Bonchev–Trinajstić information content (AvgIpc) is 3.12. The van der Waals surface area contributed by atoms with Crippen LogP contribution in [0.4, 0.5) is 0 Å². The molecule has 6 heteroatoms. The number of benzene rings is 2. The number of aryl methyl sites for hydroxylation is 1. The van der Waals surface area contributed by atoms with Crippen LogP contribution in [0.1, 0.15) is 35.3 Å². The number of hydrogen-bond donors (Lipinski definition) is 2. The largest absolute Gasteiger partial charge is 0.350 e. The van der Waals surface area contributed by atoms with E-state index in [1.807, 2.05) is 6.20 Å². The number of aromatic nitrogens is 1. The molecule has 0 radical (unpaired) electrons. The molecule has 0 fully saturated rings. The number of thiazole rings is 1. The fourth-order valence-electron chi connectivity index (χ4n) is 2.71. The molecular weight excluding hydrogens is 455 g/mol. The molecule has 2 N–H and O–H groups in total. The minimum atomic E-state index is 0. The summed E-state index contributed by atoms with van der Waals surface area (Å²) < 4.78 is 0. The fraction of sp³-hybridized carbons (Fsp3) is 0.300. The van der Waals surface area contributed by atoms with Gasteiger partial charge in [0.2, 0.25) is 0 Å². The summed E-state index contributed by atoms with van der Waals surface area (Å²) in [5.74, 6) is 0.786. The monoisotopic (exact) mass is 480 g/mol. The zero-order valence-electron chi connectivity index (χ0n) is 15.3. The maximum Gasteiger partial charge on any atom is 0.191 e. The van der Waals surface area contributed by atoms with E-state index in [0.29, 0.717) is 6.54 Å². The average molecular weight is 480 g/mol. The van der Waals surface area contributed by atoms with Crippen molar-refractivity contribution in [2.75, 3.05) is 7.05 Å². The van der Waals surface area contributed by atoms with Gasteiger partial charge in [-0.1, -0.05) is 43.3 Å². The zero-order chi connectivity index (χ0) is 17.6. The van der Waals surface area contributed by atoms with Gasteiger partial charge in [0, 0.05) is 18.1 Å². The van der Waals surface area contributed by atoms with Crippen LogP contribution in [0.5, 0.6) is 0 Å². The lowest BCUT2D eigenvalue weighted by atomic mass is 10.0. The van der Waals surface area contributed by atoms with Gasteiger partial charge in [0.25, 0.3) is 0 Å². The predicted octanol–water partition coefficient (Wildman–Crippen LogP) is 4.90. The molecule has 1 aromatic heterocycles. The van der Waals surface area contributed by atoms with Crippen molar-refractivity contribution in [2.24, 2.45) is 4.99 Å². The lowest BCUT2D eigenvalue weighted by Gasteiger charge is -2.18. The highest BCUT2D eigenvalue weighted by molar-refractivity contribution is 14.0. The maximum atomic E-state index is 4.44. The molecule has 1 heterocycles. The zero-order valence-corrected chi connectivity index (χ0v) is 18.5. The number of guanidine groups is 1. The number of nitrogens with one attached hydrogen (secondary N) is 2. The Hall–Kier alpha value is -1.67. The summed E-state index contributed by atoms with van der Waals surface area (Å²) in [7, 11) is 1.79. The van der Waals surface area contributed by atoms with E-state index in [0.717, 1.165) is 17.4 Å². The van der Waals surface area contributed by atoms with Crippen LogP contribution in [0.15, 0.2) is 53.7 Å². The van der Waals surface area contributed by atoms with Crippen LogP contribution >= 0.6 is 35.3 Å². The standard InChI is InChI=1S/C20H24N4S.HI/c1-4-18-12-22-19(25-18)13-23-20(21-3)24-14(2)16-10-9-15-7-5-6-8-17(15)11-16;/h5-12,14H,4,13H2,1-3H3,(H2,21,23,24);1H. The van der Waals surface area contributed by atoms with Crippen molar-refractivity contribution in [3.63, 3.8) is 0 Å². The molecule has 1 unspecified atom stereocenters. The van der Waals surface area contributed by atoms with E-state index in [-0.39, 0.29) is 30.0 Å². The summed E-state index contributed by atoms with van der Waals surface area (Å²) in [5.41, 5.74) is 1.24. The van der Waals surface area contributed by atoms with Gasteiger partial charge in [-0.05, 0) is 35.7 Å². The molecule has 3 rings (SSSR count).